The van der Waals surface area contributed by atoms with Crippen molar-refractivity contribution in [1.82, 2.24) is 30.2 Å². The standard InChI is InChI=1S/C22H15F3N6S2/c23-22(24,25)13-6-3-5-12(11-13)18-28-30-31(29-18)20-17-14-7-1-2-8-15(14)33-21(17)27-19(26-20)16-9-4-10-32-16/h3-6,9-11H,1-2,7-8H2. The third-order valence-corrected chi connectivity index (χ3v) is 7.64. The Bertz CT molecular complexity index is 1470. The van der Waals surface area contributed by atoms with Crippen LogP contribution in [0.3, 0.4) is 0 Å². The van der Waals surface area contributed by atoms with Crippen LogP contribution >= 0.6 is 22.7 Å². The van der Waals surface area contributed by atoms with E-state index in [1.54, 1.807) is 11.3 Å². The molecule has 166 valence electrons. The summed E-state index contributed by atoms with van der Waals surface area (Å²) in [6.07, 6.45) is -0.285. The Morgan fingerprint density at radius 3 is 2.67 bits per heavy atom. The van der Waals surface area contributed by atoms with Crippen LogP contribution in [0.15, 0.2) is 41.8 Å². The molecule has 0 saturated carbocycles. The van der Waals surface area contributed by atoms with Gasteiger partial charge < -0.3 is 0 Å². The summed E-state index contributed by atoms with van der Waals surface area (Å²) in [4.78, 5) is 14.0. The quantitative estimate of drug-likeness (QED) is 0.316. The fraction of sp³-hybridized carbons (Fsp3) is 0.227. The highest BCUT2D eigenvalue weighted by Crippen LogP contribution is 2.39. The van der Waals surface area contributed by atoms with Crippen LogP contribution < -0.4 is 0 Å². The van der Waals surface area contributed by atoms with E-state index >= 15 is 0 Å². The molecule has 4 aromatic heterocycles. The first-order valence-electron chi connectivity index (χ1n) is 10.3. The highest BCUT2D eigenvalue weighted by molar-refractivity contribution is 7.19. The number of nitrogens with zero attached hydrogens (tertiary/aromatic N) is 6. The third-order valence-electron chi connectivity index (χ3n) is 5.59. The molecule has 1 aromatic carbocycles. The van der Waals surface area contributed by atoms with Gasteiger partial charge in [-0.05, 0) is 60.0 Å². The molecule has 0 fully saturated rings. The van der Waals surface area contributed by atoms with Crippen LogP contribution in [0.2, 0.25) is 0 Å². The zero-order valence-electron chi connectivity index (χ0n) is 17.0. The molecule has 33 heavy (non-hydrogen) atoms. The normalized spacial score (nSPS) is 14.0. The minimum absolute atomic E-state index is 0.106. The van der Waals surface area contributed by atoms with Crippen LogP contribution in [-0.2, 0) is 19.0 Å². The first-order valence-corrected chi connectivity index (χ1v) is 12.0. The summed E-state index contributed by atoms with van der Waals surface area (Å²) in [5, 5.41) is 15.5. The largest absolute Gasteiger partial charge is 0.416 e. The fourth-order valence-electron chi connectivity index (χ4n) is 4.05. The van der Waals surface area contributed by atoms with Crippen molar-refractivity contribution in [3.63, 3.8) is 0 Å². The van der Waals surface area contributed by atoms with Gasteiger partial charge in [-0.15, -0.1) is 37.7 Å². The second-order valence-electron chi connectivity index (χ2n) is 7.72. The molecular weight excluding hydrogens is 469 g/mol. The van der Waals surface area contributed by atoms with Gasteiger partial charge in [-0.3, -0.25) is 0 Å². The van der Waals surface area contributed by atoms with Crippen molar-refractivity contribution < 1.29 is 13.2 Å². The summed E-state index contributed by atoms with van der Waals surface area (Å²) in [6.45, 7) is 0. The lowest BCUT2D eigenvalue weighted by Crippen LogP contribution is -2.07. The maximum atomic E-state index is 13.2. The molecule has 1 aliphatic carbocycles. The minimum atomic E-state index is -4.45. The molecule has 6 nitrogen and oxygen atoms in total. The van der Waals surface area contributed by atoms with Gasteiger partial charge in [0, 0.05) is 10.4 Å². The number of aryl methyl sites for hydroxylation is 2. The zero-order valence-corrected chi connectivity index (χ0v) is 18.6. The molecule has 0 spiro atoms. The predicted molar refractivity (Wildman–Crippen MR) is 121 cm³/mol. The summed E-state index contributed by atoms with van der Waals surface area (Å²) in [5.41, 5.74) is 0.701. The summed E-state index contributed by atoms with van der Waals surface area (Å²) in [7, 11) is 0. The average Bonchev–Trinajstić information content (AvgIpc) is 3.57. The Labute approximate surface area is 193 Å². The van der Waals surface area contributed by atoms with Crippen molar-refractivity contribution in [1.29, 1.82) is 0 Å². The molecule has 0 amide bonds. The second-order valence-corrected chi connectivity index (χ2v) is 9.75. The average molecular weight is 485 g/mol. The first kappa shape index (κ1) is 20.4. The molecule has 1 aliphatic rings. The molecule has 6 rings (SSSR count). The Hall–Kier alpha value is -3.18. The van der Waals surface area contributed by atoms with E-state index in [0.717, 1.165) is 52.9 Å². The predicted octanol–water partition coefficient (Wildman–Crippen LogP) is 5.96. The molecule has 5 aromatic rings. The van der Waals surface area contributed by atoms with E-state index in [9.17, 15) is 13.2 Å². The van der Waals surface area contributed by atoms with Crippen molar-refractivity contribution in [2.45, 2.75) is 31.9 Å². The Kier molecular flexibility index (Phi) is 4.77. The third kappa shape index (κ3) is 3.61. The van der Waals surface area contributed by atoms with Crippen molar-refractivity contribution in [3.8, 4) is 27.9 Å². The number of hydrogen-bond acceptors (Lipinski definition) is 7. The van der Waals surface area contributed by atoms with E-state index in [4.69, 9.17) is 9.97 Å². The molecule has 0 radical (unpaired) electrons. The van der Waals surface area contributed by atoms with E-state index < -0.39 is 11.7 Å². The molecule has 0 unspecified atom stereocenters. The van der Waals surface area contributed by atoms with Gasteiger partial charge in [0.25, 0.3) is 0 Å². The Balaban J connectivity index is 1.52. The number of halogens is 3. The summed E-state index contributed by atoms with van der Waals surface area (Å²) in [6, 6.07) is 8.81. The zero-order chi connectivity index (χ0) is 22.6. The molecule has 4 heterocycles. The van der Waals surface area contributed by atoms with Crippen molar-refractivity contribution in [2.24, 2.45) is 0 Å². The number of fused-ring (bicyclic) bond motifs is 3. The fourth-order valence-corrected chi connectivity index (χ4v) is 5.97. The van der Waals surface area contributed by atoms with Crippen molar-refractivity contribution in [2.75, 3.05) is 0 Å². The summed E-state index contributed by atoms with van der Waals surface area (Å²) < 4.78 is 39.5. The number of benzene rings is 1. The van der Waals surface area contributed by atoms with Crippen LogP contribution in [0.5, 0.6) is 0 Å². The number of alkyl halides is 3. The molecule has 11 heteroatoms. The van der Waals surface area contributed by atoms with Gasteiger partial charge in [0.2, 0.25) is 5.82 Å². The molecular formula is C22H15F3N6S2. The Morgan fingerprint density at radius 2 is 1.85 bits per heavy atom. The van der Waals surface area contributed by atoms with Gasteiger partial charge >= 0.3 is 6.18 Å². The summed E-state index contributed by atoms with van der Waals surface area (Å²) in [5.74, 6) is 1.19. The first-order chi connectivity index (χ1) is 16.0. The second kappa shape index (κ2) is 7.70. The van der Waals surface area contributed by atoms with Gasteiger partial charge in [-0.2, -0.15) is 13.2 Å². The molecule has 0 aliphatic heterocycles. The molecule has 0 atom stereocenters. The van der Waals surface area contributed by atoms with Crippen molar-refractivity contribution in [3.05, 3.63) is 57.8 Å². The SMILES string of the molecule is FC(F)(F)c1cccc(-c2nnn(-c3nc(-c4cccs4)nc4sc5c(c34)CCCC5)n2)c1. The van der Waals surface area contributed by atoms with Crippen LogP contribution in [0.1, 0.15) is 28.8 Å². The molecule has 0 saturated heterocycles. The maximum absolute atomic E-state index is 13.2. The number of hydrogen-bond donors (Lipinski definition) is 0. The van der Waals surface area contributed by atoms with E-state index in [-0.39, 0.29) is 11.4 Å². The van der Waals surface area contributed by atoms with Gasteiger partial charge in [-0.1, -0.05) is 18.2 Å². The number of tetrazole rings is 1. The molecule has 0 N–H and O–H groups in total. The monoisotopic (exact) mass is 484 g/mol. The van der Waals surface area contributed by atoms with Crippen LogP contribution in [0, 0.1) is 0 Å². The number of aromatic nitrogens is 6. The maximum Gasteiger partial charge on any atom is 0.416 e. The Morgan fingerprint density at radius 1 is 0.970 bits per heavy atom. The molecule has 0 bridgehead atoms. The lowest BCUT2D eigenvalue weighted by Gasteiger charge is -2.11. The smallest absolute Gasteiger partial charge is 0.216 e. The lowest BCUT2D eigenvalue weighted by atomic mass is 9.97. The van der Waals surface area contributed by atoms with Crippen LogP contribution in [-0.4, -0.2) is 30.2 Å². The van der Waals surface area contributed by atoms with Gasteiger partial charge in [0.05, 0.1) is 15.8 Å². The van der Waals surface area contributed by atoms with E-state index in [1.807, 2.05) is 17.5 Å². The topological polar surface area (TPSA) is 69.4 Å². The highest BCUT2D eigenvalue weighted by Gasteiger charge is 2.31. The number of rotatable bonds is 3. The van der Waals surface area contributed by atoms with Gasteiger partial charge in [-0.25, -0.2) is 9.97 Å². The van der Waals surface area contributed by atoms with E-state index in [2.05, 4.69) is 15.4 Å². The van der Waals surface area contributed by atoms with Crippen LogP contribution in [0.4, 0.5) is 13.2 Å². The minimum Gasteiger partial charge on any atom is -0.216 e. The van der Waals surface area contributed by atoms with Crippen molar-refractivity contribution >= 4 is 32.9 Å². The highest BCUT2D eigenvalue weighted by atomic mass is 32.1. The van der Waals surface area contributed by atoms with E-state index in [1.165, 1.54) is 38.7 Å². The lowest BCUT2D eigenvalue weighted by molar-refractivity contribution is -0.137. The number of thiophene rings is 2. The summed E-state index contributed by atoms with van der Waals surface area (Å²) >= 11 is 3.20. The van der Waals surface area contributed by atoms with Gasteiger partial charge in [0.15, 0.2) is 11.6 Å². The van der Waals surface area contributed by atoms with Crippen LogP contribution in [0.25, 0.3) is 38.1 Å². The van der Waals surface area contributed by atoms with Gasteiger partial charge in [0.1, 0.15) is 4.83 Å². The van der Waals surface area contributed by atoms with E-state index in [0.29, 0.717) is 11.6 Å².